The van der Waals surface area contributed by atoms with E-state index in [9.17, 15) is 4.39 Å². The summed E-state index contributed by atoms with van der Waals surface area (Å²) in [6.45, 7) is 0. The lowest BCUT2D eigenvalue weighted by atomic mass is 9.99. The number of nitrogens with one attached hydrogen (secondary N) is 1. The zero-order chi connectivity index (χ0) is 14.7. The number of nitrogens with two attached hydrogens (primary N) is 1. The third kappa shape index (κ3) is 3.62. The predicted molar refractivity (Wildman–Crippen MR) is 81.6 cm³/mol. The molecule has 2 nitrogen and oxygen atoms in total. The number of hydrazine groups is 1. The van der Waals surface area contributed by atoms with E-state index >= 15 is 0 Å². The SMILES string of the molecule is NNC(Cc1ccc(Cl)c(F)c1)c1ccc(Cl)c(Cl)c1. The van der Waals surface area contributed by atoms with Crippen molar-refractivity contribution in [2.24, 2.45) is 5.84 Å². The number of halogens is 4. The van der Waals surface area contributed by atoms with Gasteiger partial charge in [0.05, 0.1) is 21.1 Å². The maximum absolute atomic E-state index is 13.4. The minimum atomic E-state index is -0.450. The predicted octanol–water partition coefficient (Wildman–Crippen LogP) is 4.53. The normalized spacial score (nSPS) is 12.4. The molecule has 20 heavy (non-hydrogen) atoms. The van der Waals surface area contributed by atoms with Crippen molar-refractivity contribution >= 4 is 34.8 Å². The van der Waals surface area contributed by atoms with E-state index in [0.717, 1.165) is 11.1 Å². The highest BCUT2D eigenvalue weighted by Crippen LogP contribution is 2.27. The van der Waals surface area contributed by atoms with E-state index in [1.807, 2.05) is 6.07 Å². The largest absolute Gasteiger partial charge is 0.271 e. The molecule has 0 aliphatic rings. The number of benzene rings is 2. The highest BCUT2D eigenvalue weighted by Gasteiger charge is 2.13. The van der Waals surface area contributed by atoms with Gasteiger partial charge in [0.2, 0.25) is 0 Å². The molecule has 0 amide bonds. The molecule has 2 aromatic carbocycles. The van der Waals surface area contributed by atoms with Gasteiger partial charge in [-0.05, 0) is 41.8 Å². The summed E-state index contributed by atoms with van der Waals surface area (Å²) < 4.78 is 13.4. The Balaban J connectivity index is 2.23. The van der Waals surface area contributed by atoms with Gasteiger partial charge in [-0.25, -0.2) is 4.39 Å². The molecule has 3 N–H and O–H groups in total. The molecule has 106 valence electrons. The van der Waals surface area contributed by atoms with Crippen LogP contribution in [-0.2, 0) is 6.42 Å². The van der Waals surface area contributed by atoms with Crippen LogP contribution < -0.4 is 11.3 Å². The van der Waals surface area contributed by atoms with E-state index in [0.29, 0.717) is 16.5 Å². The lowest BCUT2D eigenvalue weighted by molar-refractivity contribution is 0.548. The Bertz CT molecular complexity index is 619. The van der Waals surface area contributed by atoms with Gasteiger partial charge in [0.1, 0.15) is 5.82 Å². The first kappa shape index (κ1) is 15.5. The molecule has 1 atom stereocenters. The van der Waals surface area contributed by atoms with Gasteiger partial charge in [0.25, 0.3) is 0 Å². The van der Waals surface area contributed by atoms with Gasteiger partial charge in [-0.15, -0.1) is 0 Å². The minimum Gasteiger partial charge on any atom is -0.271 e. The molecule has 0 radical (unpaired) electrons. The van der Waals surface area contributed by atoms with Gasteiger partial charge in [-0.3, -0.25) is 11.3 Å². The smallest absolute Gasteiger partial charge is 0.142 e. The van der Waals surface area contributed by atoms with Crippen molar-refractivity contribution in [3.63, 3.8) is 0 Å². The second kappa shape index (κ2) is 6.74. The van der Waals surface area contributed by atoms with E-state index in [4.69, 9.17) is 40.6 Å². The van der Waals surface area contributed by atoms with Crippen LogP contribution >= 0.6 is 34.8 Å². The molecular formula is C14H12Cl3FN2. The van der Waals surface area contributed by atoms with Crippen LogP contribution in [0.15, 0.2) is 36.4 Å². The van der Waals surface area contributed by atoms with Crippen LogP contribution in [0, 0.1) is 5.82 Å². The minimum absolute atomic E-state index is 0.0977. The van der Waals surface area contributed by atoms with Crippen molar-refractivity contribution in [3.8, 4) is 0 Å². The lowest BCUT2D eigenvalue weighted by Gasteiger charge is -2.17. The standard InChI is InChI=1S/C14H12Cl3FN2/c15-10-4-2-9(7-12(10)17)14(20-19)6-8-1-3-11(16)13(18)5-8/h1-5,7,14,20H,6,19H2. The molecule has 0 aromatic heterocycles. The van der Waals surface area contributed by atoms with Gasteiger partial charge < -0.3 is 0 Å². The fourth-order valence-corrected chi connectivity index (χ4v) is 2.33. The van der Waals surface area contributed by atoms with Crippen LogP contribution in [0.5, 0.6) is 0 Å². The van der Waals surface area contributed by atoms with E-state index < -0.39 is 5.82 Å². The van der Waals surface area contributed by atoms with Crippen molar-refractivity contribution in [1.82, 2.24) is 5.43 Å². The second-order valence-electron chi connectivity index (χ2n) is 4.35. The molecule has 0 spiro atoms. The van der Waals surface area contributed by atoms with Crippen LogP contribution in [0.3, 0.4) is 0 Å². The Kier molecular flexibility index (Phi) is 5.24. The van der Waals surface area contributed by atoms with Gasteiger partial charge >= 0.3 is 0 Å². The summed E-state index contributed by atoms with van der Waals surface area (Å²) in [5.74, 6) is 5.11. The summed E-state index contributed by atoms with van der Waals surface area (Å²) in [6, 6.07) is 9.73. The monoisotopic (exact) mass is 332 g/mol. The first-order valence-corrected chi connectivity index (χ1v) is 6.99. The number of hydrogen-bond acceptors (Lipinski definition) is 2. The van der Waals surface area contributed by atoms with Gasteiger partial charge in [-0.1, -0.05) is 46.9 Å². The Hall–Kier alpha value is -0.840. The summed E-state index contributed by atoms with van der Waals surface area (Å²) in [7, 11) is 0. The molecule has 2 rings (SSSR count). The number of hydrogen-bond donors (Lipinski definition) is 2. The Morgan fingerprint density at radius 1 is 1.00 bits per heavy atom. The lowest BCUT2D eigenvalue weighted by Crippen LogP contribution is -2.29. The third-order valence-corrected chi connectivity index (χ3v) is 4.02. The summed E-state index contributed by atoms with van der Waals surface area (Å²) in [6.07, 6.45) is 0.503. The molecule has 0 bridgehead atoms. The average Bonchev–Trinajstić information content (AvgIpc) is 2.43. The fourth-order valence-electron chi connectivity index (χ4n) is 1.90. The van der Waals surface area contributed by atoms with E-state index in [1.165, 1.54) is 12.1 Å². The molecular weight excluding hydrogens is 322 g/mol. The van der Waals surface area contributed by atoms with Crippen molar-refractivity contribution in [2.75, 3.05) is 0 Å². The van der Waals surface area contributed by atoms with Crippen LogP contribution in [0.25, 0.3) is 0 Å². The van der Waals surface area contributed by atoms with Gasteiger partial charge in [-0.2, -0.15) is 0 Å². The summed E-state index contributed by atoms with van der Waals surface area (Å²) in [4.78, 5) is 0. The zero-order valence-electron chi connectivity index (χ0n) is 10.3. The topological polar surface area (TPSA) is 38.0 Å². The van der Waals surface area contributed by atoms with E-state index in [2.05, 4.69) is 5.43 Å². The Morgan fingerprint density at radius 2 is 1.70 bits per heavy atom. The molecule has 6 heteroatoms. The van der Waals surface area contributed by atoms with Crippen molar-refractivity contribution < 1.29 is 4.39 Å². The fraction of sp³-hybridized carbons (Fsp3) is 0.143. The quantitative estimate of drug-likeness (QED) is 0.637. The maximum atomic E-state index is 13.4. The molecule has 0 saturated heterocycles. The molecule has 2 aromatic rings. The van der Waals surface area contributed by atoms with Gasteiger partial charge in [0, 0.05) is 0 Å². The molecule has 0 heterocycles. The zero-order valence-corrected chi connectivity index (χ0v) is 12.6. The molecule has 0 saturated carbocycles. The first-order valence-electron chi connectivity index (χ1n) is 5.86. The second-order valence-corrected chi connectivity index (χ2v) is 5.57. The molecule has 1 unspecified atom stereocenters. The summed E-state index contributed by atoms with van der Waals surface area (Å²) in [5, 5.41) is 1.02. The van der Waals surface area contributed by atoms with Crippen molar-refractivity contribution in [2.45, 2.75) is 12.5 Å². The number of rotatable bonds is 4. The van der Waals surface area contributed by atoms with E-state index in [1.54, 1.807) is 18.2 Å². The van der Waals surface area contributed by atoms with Crippen LogP contribution in [0.4, 0.5) is 4.39 Å². The third-order valence-electron chi connectivity index (χ3n) is 2.97. The van der Waals surface area contributed by atoms with Crippen molar-refractivity contribution in [3.05, 3.63) is 68.4 Å². The first-order chi connectivity index (χ1) is 9.51. The summed E-state index contributed by atoms with van der Waals surface area (Å²) in [5.41, 5.74) is 4.34. The Labute approximate surface area is 131 Å². The highest BCUT2D eigenvalue weighted by atomic mass is 35.5. The van der Waals surface area contributed by atoms with Crippen molar-refractivity contribution in [1.29, 1.82) is 0 Å². The highest BCUT2D eigenvalue weighted by molar-refractivity contribution is 6.42. The molecule has 0 aliphatic heterocycles. The maximum Gasteiger partial charge on any atom is 0.142 e. The summed E-state index contributed by atoms with van der Waals surface area (Å²) >= 11 is 17.5. The van der Waals surface area contributed by atoms with Crippen LogP contribution in [0.2, 0.25) is 15.1 Å². The van der Waals surface area contributed by atoms with E-state index in [-0.39, 0.29) is 11.1 Å². The van der Waals surface area contributed by atoms with Crippen LogP contribution in [0.1, 0.15) is 17.2 Å². The molecule has 0 aliphatic carbocycles. The molecule has 0 fully saturated rings. The Morgan fingerprint density at radius 3 is 2.30 bits per heavy atom. The van der Waals surface area contributed by atoms with Crippen LogP contribution in [-0.4, -0.2) is 0 Å². The van der Waals surface area contributed by atoms with Gasteiger partial charge in [0.15, 0.2) is 0 Å². The average molecular weight is 334 g/mol.